The molecule has 0 bridgehead atoms. The molecule has 2 heterocycles. The fraction of sp³-hybridized carbons (Fsp3) is 0.647. The third-order valence-electron chi connectivity index (χ3n) is 4.06. The molecule has 6 heteroatoms. The minimum Gasteiger partial charge on any atom is -0.378 e. The molecular weight excluding hydrogens is 312 g/mol. The van der Waals surface area contributed by atoms with Crippen molar-refractivity contribution in [2.24, 2.45) is 0 Å². The van der Waals surface area contributed by atoms with Crippen LogP contribution < -0.4 is 5.32 Å². The number of nitrogens with one attached hydrogen (secondary N) is 1. The Balaban J connectivity index is 1.71. The van der Waals surface area contributed by atoms with E-state index in [-0.39, 0.29) is 11.8 Å². The van der Waals surface area contributed by atoms with Crippen LogP contribution in [0.15, 0.2) is 6.07 Å². The molecule has 0 aromatic carbocycles. The van der Waals surface area contributed by atoms with Gasteiger partial charge < -0.3 is 15.0 Å². The van der Waals surface area contributed by atoms with Gasteiger partial charge in [0.1, 0.15) is 6.04 Å². The maximum atomic E-state index is 12.2. The summed E-state index contributed by atoms with van der Waals surface area (Å²) in [5.41, 5.74) is 1.33. The first kappa shape index (κ1) is 17.9. The van der Waals surface area contributed by atoms with Gasteiger partial charge in [0.2, 0.25) is 11.8 Å². The van der Waals surface area contributed by atoms with Crippen LogP contribution in [0.4, 0.5) is 0 Å². The van der Waals surface area contributed by atoms with Gasteiger partial charge in [0.05, 0.1) is 13.2 Å². The predicted molar refractivity (Wildman–Crippen MR) is 91.7 cm³/mol. The summed E-state index contributed by atoms with van der Waals surface area (Å²) in [4.78, 5) is 28.7. The molecule has 1 aromatic heterocycles. The fourth-order valence-electron chi connectivity index (χ4n) is 2.80. The Hall–Kier alpha value is -1.40. The maximum absolute atomic E-state index is 12.2. The van der Waals surface area contributed by atoms with E-state index in [2.05, 4.69) is 25.2 Å². The maximum Gasteiger partial charge on any atom is 0.245 e. The molecule has 1 N–H and O–H groups in total. The summed E-state index contributed by atoms with van der Waals surface area (Å²) in [6.45, 7) is 8.34. The molecule has 5 nitrogen and oxygen atoms in total. The van der Waals surface area contributed by atoms with Crippen LogP contribution in [0.1, 0.15) is 35.1 Å². The molecule has 1 fully saturated rings. The summed E-state index contributed by atoms with van der Waals surface area (Å²) < 4.78 is 5.24. The number of amides is 2. The molecule has 0 unspecified atom stereocenters. The van der Waals surface area contributed by atoms with Crippen molar-refractivity contribution >= 4 is 23.2 Å². The van der Waals surface area contributed by atoms with Crippen LogP contribution in [0.25, 0.3) is 0 Å². The highest BCUT2D eigenvalue weighted by Crippen LogP contribution is 2.22. The summed E-state index contributed by atoms with van der Waals surface area (Å²) in [5.74, 6) is -0.0744. The zero-order valence-corrected chi connectivity index (χ0v) is 15.0. The van der Waals surface area contributed by atoms with Crippen molar-refractivity contribution in [3.8, 4) is 0 Å². The van der Waals surface area contributed by atoms with E-state index < -0.39 is 6.04 Å². The molecule has 0 aliphatic carbocycles. The highest BCUT2D eigenvalue weighted by Gasteiger charge is 2.23. The van der Waals surface area contributed by atoms with E-state index in [4.69, 9.17) is 4.74 Å². The van der Waals surface area contributed by atoms with E-state index in [1.165, 1.54) is 15.3 Å². The number of carbonyl (C=O) groups excluding carboxylic acids is 2. The van der Waals surface area contributed by atoms with E-state index in [1.807, 2.05) is 0 Å². The van der Waals surface area contributed by atoms with Crippen molar-refractivity contribution in [3.05, 3.63) is 21.4 Å². The predicted octanol–water partition coefficient (Wildman–Crippen LogP) is 2.05. The van der Waals surface area contributed by atoms with Crippen LogP contribution in [-0.2, 0) is 20.7 Å². The molecule has 2 rings (SSSR count). The van der Waals surface area contributed by atoms with Crippen molar-refractivity contribution in [1.82, 2.24) is 10.2 Å². The number of morpholine rings is 1. The van der Waals surface area contributed by atoms with E-state index in [0.29, 0.717) is 32.7 Å². The molecule has 1 atom stereocenters. The highest BCUT2D eigenvalue weighted by atomic mass is 32.1. The van der Waals surface area contributed by atoms with E-state index in [9.17, 15) is 9.59 Å². The zero-order valence-electron chi connectivity index (χ0n) is 14.2. The van der Waals surface area contributed by atoms with E-state index in [0.717, 1.165) is 12.8 Å². The monoisotopic (exact) mass is 338 g/mol. The SMILES string of the molecule is Cc1cc(CCCC(=O)N[C@H](C)C(=O)N2CCOCC2)c(C)s1. The lowest BCUT2D eigenvalue weighted by Gasteiger charge is -2.29. The second-order valence-corrected chi connectivity index (χ2v) is 7.48. The quantitative estimate of drug-likeness (QED) is 0.864. The van der Waals surface area contributed by atoms with Gasteiger partial charge >= 0.3 is 0 Å². The molecule has 1 aliphatic heterocycles. The van der Waals surface area contributed by atoms with Gasteiger partial charge in [-0.3, -0.25) is 9.59 Å². The first-order chi connectivity index (χ1) is 11.0. The van der Waals surface area contributed by atoms with Crippen molar-refractivity contribution in [2.75, 3.05) is 26.3 Å². The van der Waals surface area contributed by atoms with Gasteiger partial charge in [0.15, 0.2) is 0 Å². The molecule has 1 saturated heterocycles. The largest absolute Gasteiger partial charge is 0.378 e. The second kappa shape index (κ2) is 8.45. The van der Waals surface area contributed by atoms with Crippen LogP contribution >= 0.6 is 11.3 Å². The Bertz CT molecular complexity index is 550. The van der Waals surface area contributed by atoms with Crippen LogP contribution in [0.3, 0.4) is 0 Å². The summed E-state index contributed by atoms with van der Waals surface area (Å²) >= 11 is 1.80. The second-order valence-electron chi connectivity index (χ2n) is 6.02. The van der Waals surface area contributed by atoms with Crippen LogP contribution in [0.5, 0.6) is 0 Å². The lowest BCUT2D eigenvalue weighted by atomic mass is 10.1. The van der Waals surface area contributed by atoms with Crippen molar-refractivity contribution in [2.45, 2.75) is 46.1 Å². The number of thiophene rings is 1. The van der Waals surface area contributed by atoms with Crippen LogP contribution in [0.2, 0.25) is 0 Å². The number of hydrogen-bond donors (Lipinski definition) is 1. The highest BCUT2D eigenvalue weighted by molar-refractivity contribution is 7.12. The minimum atomic E-state index is -0.467. The lowest BCUT2D eigenvalue weighted by molar-refractivity contribution is -0.139. The fourth-order valence-corrected chi connectivity index (χ4v) is 3.78. The van der Waals surface area contributed by atoms with Gasteiger partial charge in [-0.1, -0.05) is 0 Å². The normalized spacial score (nSPS) is 16.2. The van der Waals surface area contributed by atoms with Crippen molar-refractivity contribution < 1.29 is 14.3 Å². The summed E-state index contributed by atoms with van der Waals surface area (Å²) in [5, 5.41) is 2.81. The van der Waals surface area contributed by atoms with Gasteiger partial charge in [-0.25, -0.2) is 0 Å². The van der Waals surface area contributed by atoms with Gasteiger partial charge in [0, 0.05) is 29.3 Å². The van der Waals surface area contributed by atoms with Gasteiger partial charge in [-0.2, -0.15) is 0 Å². The van der Waals surface area contributed by atoms with Gasteiger partial charge in [0.25, 0.3) is 0 Å². The summed E-state index contributed by atoms with van der Waals surface area (Å²) in [6, 6.07) is 1.73. The van der Waals surface area contributed by atoms with Crippen LogP contribution in [0, 0.1) is 13.8 Å². The van der Waals surface area contributed by atoms with E-state index >= 15 is 0 Å². The number of nitrogens with zero attached hydrogens (tertiary/aromatic N) is 1. The van der Waals surface area contributed by atoms with Crippen molar-refractivity contribution in [1.29, 1.82) is 0 Å². The Morgan fingerprint density at radius 1 is 1.35 bits per heavy atom. The Morgan fingerprint density at radius 2 is 2.04 bits per heavy atom. The minimum absolute atomic E-state index is 0.0223. The molecular formula is C17H26N2O3S. The van der Waals surface area contributed by atoms with Crippen LogP contribution in [-0.4, -0.2) is 49.1 Å². The average molecular weight is 338 g/mol. The molecule has 0 saturated carbocycles. The number of aryl methyl sites for hydroxylation is 3. The third kappa shape index (κ3) is 5.32. The molecule has 23 heavy (non-hydrogen) atoms. The number of hydrogen-bond acceptors (Lipinski definition) is 4. The van der Waals surface area contributed by atoms with Crippen molar-refractivity contribution in [3.63, 3.8) is 0 Å². The smallest absolute Gasteiger partial charge is 0.245 e. The Labute approximate surface area is 142 Å². The Morgan fingerprint density at radius 3 is 2.65 bits per heavy atom. The van der Waals surface area contributed by atoms with Gasteiger partial charge in [-0.15, -0.1) is 11.3 Å². The molecule has 1 aromatic rings. The molecule has 0 radical (unpaired) electrons. The molecule has 2 amide bonds. The third-order valence-corrected chi connectivity index (χ3v) is 5.07. The Kier molecular flexibility index (Phi) is 6.59. The number of ether oxygens (including phenoxy) is 1. The number of carbonyl (C=O) groups is 2. The molecule has 128 valence electrons. The topological polar surface area (TPSA) is 58.6 Å². The average Bonchev–Trinajstić information content (AvgIpc) is 2.85. The summed E-state index contributed by atoms with van der Waals surface area (Å²) in [6.07, 6.45) is 2.17. The standard InChI is InChI=1S/C17H26N2O3S/c1-12-11-15(14(3)23-12)5-4-6-16(20)18-13(2)17(21)19-7-9-22-10-8-19/h11,13H,4-10H2,1-3H3,(H,18,20)/t13-/m1/s1. The van der Waals surface area contributed by atoms with Gasteiger partial charge in [-0.05, 0) is 45.2 Å². The number of rotatable bonds is 6. The van der Waals surface area contributed by atoms with E-state index in [1.54, 1.807) is 23.2 Å². The first-order valence-electron chi connectivity index (χ1n) is 8.19. The first-order valence-corrected chi connectivity index (χ1v) is 9.01. The summed E-state index contributed by atoms with van der Waals surface area (Å²) in [7, 11) is 0. The zero-order chi connectivity index (χ0) is 16.8. The molecule has 1 aliphatic rings. The molecule has 0 spiro atoms. The lowest BCUT2D eigenvalue weighted by Crippen LogP contribution is -2.50.